The van der Waals surface area contributed by atoms with Gasteiger partial charge in [0, 0.05) is 18.8 Å². The quantitative estimate of drug-likeness (QED) is 0.777. The molecule has 1 aromatic rings. The molecule has 1 aromatic carbocycles. The van der Waals surface area contributed by atoms with E-state index in [1.165, 1.54) is 0 Å². The second-order valence-electron chi connectivity index (χ2n) is 4.09. The third-order valence-electron chi connectivity index (χ3n) is 2.73. The molecule has 86 valence electrons. The van der Waals surface area contributed by atoms with Crippen molar-refractivity contribution in [2.75, 3.05) is 19.4 Å². The van der Waals surface area contributed by atoms with E-state index in [4.69, 9.17) is 10.5 Å². The molecule has 0 atom stereocenters. The third-order valence-corrected chi connectivity index (χ3v) is 2.73. The van der Waals surface area contributed by atoms with E-state index in [9.17, 15) is 4.79 Å². The zero-order chi connectivity index (χ0) is 11.5. The van der Waals surface area contributed by atoms with E-state index in [1.807, 2.05) is 7.05 Å². The topological polar surface area (TPSA) is 55.6 Å². The van der Waals surface area contributed by atoms with Gasteiger partial charge < -0.3 is 15.4 Å². The van der Waals surface area contributed by atoms with Crippen LogP contribution in [0.1, 0.15) is 12.8 Å². The van der Waals surface area contributed by atoms with Crippen LogP contribution in [0.2, 0.25) is 0 Å². The Bertz CT molecular complexity index is 371. The predicted octanol–water partition coefficient (Wildman–Crippen LogP) is 1.27. The number of likely N-dealkylation sites (N-methyl/N-ethyl adjacent to an activating group) is 1. The minimum absolute atomic E-state index is 0.0272. The highest BCUT2D eigenvalue weighted by atomic mass is 16.5. The van der Waals surface area contributed by atoms with Crippen LogP contribution in [0.4, 0.5) is 5.69 Å². The monoisotopic (exact) mass is 220 g/mol. The van der Waals surface area contributed by atoms with E-state index >= 15 is 0 Å². The van der Waals surface area contributed by atoms with Gasteiger partial charge in [-0.15, -0.1) is 0 Å². The summed E-state index contributed by atoms with van der Waals surface area (Å²) in [6.07, 6.45) is 2.23. The third kappa shape index (κ3) is 2.66. The van der Waals surface area contributed by atoms with E-state index in [0.29, 0.717) is 17.5 Å². The van der Waals surface area contributed by atoms with Crippen molar-refractivity contribution >= 4 is 11.6 Å². The predicted molar refractivity (Wildman–Crippen MR) is 62.1 cm³/mol. The van der Waals surface area contributed by atoms with E-state index in [1.54, 1.807) is 29.2 Å². The summed E-state index contributed by atoms with van der Waals surface area (Å²) in [7, 11) is 1.83. The summed E-state index contributed by atoms with van der Waals surface area (Å²) in [4.78, 5) is 13.4. The Balaban J connectivity index is 1.82. The Morgan fingerprint density at radius 1 is 1.44 bits per heavy atom. The Labute approximate surface area is 95.0 Å². The fourth-order valence-corrected chi connectivity index (χ4v) is 1.48. The maximum atomic E-state index is 11.6. The van der Waals surface area contributed by atoms with Crippen LogP contribution in [-0.4, -0.2) is 30.5 Å². The first kappa shape index (κ1) is 10.8. The lowest BCUT2D eigenvalue weighted by molar-refractivity contribution is -0.132. The van der Waals surface area contributed by atoms with Crippen LogP contribution in [0.25, 0.3) is 0 Å². The molecule has 2 rings (SSSR count). The number of ether oxygens (including phenoxy) is 1. The Morgan fingerprint density at radius 2 is 2.06 bits per heavy atom. The molecule has 1 aliphatic rings. The van der Waals surface area contributed by atoms with Gasteiger partial charge in [0.05, 0.1) is 0 Å². The molecule has 2 N–H and O–H groups in total. The minimum Gasteiger partial charge on any atom is -0.484 e. The molecular formula is C12H16N2O2. The van der Waals surface area contributed by atoms with Crippen molar-refractivity contribution in [3.8, 4) is 5.75 Å². The highest BCUT2D eigenvalue weighted by Crippen LogP contribution is 2.25. The van der Waals surface area contributed by atoms with Crippen LogP contribution in [-0.2, 0) is 4.79 Å². The summed E-state index contributed by atoms with van der Waals surface area (Å²) in [6.45, 7) is 0.0942. The zero-order valence-electron chi connectivity index (χ0n) is 9.35. The molecule has 1 saturated carbocycles. The number of nitrogen functional groups attached to an aromatic ring is 1. The number of hydrogen-bond acceptors (Lipinski definition) is 3. The maximum Gasteiger partial charge on any atom is 0.260 e. The summed E-state index contributed by atoms with van der Waals surface area (Å²) in [5.41, 5.74) is 6.24. The summed E-state index contributed by atoms with van der Waals surface area (Å²) in [5.74, 6) is 0.700. The standard InChI is InChI=1S/C12H16N2O2/c1-14(10-4-5-10)12(15)8-16-11-6-2-9(13)3-7-11/h2-3,6-7,10H,4-5,8,13H2,1H3. The SMILES string of the molecule is CN(C(=O)COc1ccc(N)cc1)C1CC1. The lowest BCUT2D eigenvalue weighted by Crippen LogP contribution is -2.33. The molecule has 1 amide bonds. The fourth-order valence-electron chi connectivity index (χ4n) is 1.48. The van der Waals surface area contributed by atoms with Crippen LogP contribution in [0.15, 0.2) is 24.3 Å². The largest absolute Gasteiger partial charge is 0.484 e. The molecule has 16 heavy (non-hydrogen) atoms. The number of carbonyl (C=O) groups is 1. The highest BCUT2D eigenvalue weighted by Gasteiger charge is 2.29. The Hall–Kier alpha value is -1.71. The number of amides is 1. The molecule has 0 heterocycles. The molecular weight excluding hydrogens is 204 g/mol. The molecule has 1 fully saturated rings. The molecule has 0 spiro atoms. The average molecular weight is 220 g/mol. The van der Waals surface area contributed by atoms with Crippen LogP contribution in [0.3, 0.4) is 0 Å². The minimum atomic E-state index is 0.0272. The van der Waals surface area contributed by atoms with Crippen molar-refractivity contribution in [1.29, 1.82) is 0 Å². The number of hydrogen-bond donors (Lipinski definition) is 1. The lowest BCUT2D eigenvalue weighted by Gasteiger charge is -2.16. The van der Waals surface area contributed by atoms with Crippen molar-refractivity contribution in [2.24, 2.45) is 0 Å². The zero-order valence-corrected chi connectivity index (χ0v) is 9.35. The van der Waals surface area contributed by atoms with Crippen LogP contribution >= 0.6 is 0 Å². The Morgan fingerprint density at radius 3 is 2.62 bits per heavy atom. The van der Waals surface area contributed by atoms with Crippen LogP contribution in [0, 0.1) is 0 Å². The summed E-state index contributed by atoms with van der Waals surface area (Å²) >= 11 is 0. The van der Waals surface area contributed by atoms with E-state index < -0.39 is 0 Å². The van der Waals surface area contributed by atoms with Gasteiger partial charge in [0.2, 0.25) is 0 Å². The number of benzene rings is 1. The summed E-state index contributed by atoms with van der Waals surface area (Å²) in [5, 5.41) is 0. The van der Waals surface area contributed by atoms with Gasteiger partial charge >= 0.3 is 0 Å². The van der Waals surface area contributed by atoms with Crippen molar-refractivity contribution in [2.45, 2.75) is 18.9 Å². The molecule has 0 bridgehead atoms. The van der Waals surface area contributed by atoms with Gasteiger partial charge in [-0.05, 0) is 37.1 Å². The summed E-state index contributed by atoms with van der Waals surface area (Å²) < 4.78 is 5.38. The van der Waals surface area contributed by atoms with Gasteiger partial charge in [0.25, 0.3) is 5.91 Å². The molecule has 4 nitrogen and oxygen atoms in total. The lowest BCUT2D eigenvalue weighted by atomic mass is 10.3. The fraction of sp³-hybridized carbons (Fsp3) is 0.417. The van der Waals surface area contributed by atoms with Crippen LogP contribution in [0.5, 0.6) is 5.75 Å². The van der Waals surface area contributed by atoms with E-state index in [-0.39, 0.29) is 12.5 Å². The number of nitrogens with two attached hydrogens (primary N) is 1. The number of nitrogens with zero attached hydrogens (tertiary/aromatic N) is 1. The molecule has 4 heteroatoms. The number of rotatable bonds is 4. The smallest absolute Gasteiger partial charge is 0.260 e. The number of carbonyl (C=O) groups excluding carboxylic acids is 1. The maximum absolute atomic E-state index is 11.6. The average Bonchev–Trinajstić information content (AvgIpc) is 3.11. The van der Waals surface area contributed by atoms with Gasteiger partial charge in [-0.25, -0.2) is 0 Å². The van der Waals surface area contributed by atoms with Gasteiger partial charge in [-0.1, -0.05) is 0 Å². The van der Waals surface area contributed by atoms with Gasteiger partial charge in [0.15, 0.2) is 6.61 Å². The van der Waals surface area contributed by atoms with Crippen LogP contribution < -0.4 is 10.5 Å². The van der Waals surface area contributed by atoms with Crippen molar-refractivity contribution < 1.29 is 9.53 Å². The Kier molecular flexibility index (Phi) is 2.99. The molecule has 0 aromatic heterocycles. The molecule has 0 saturated heterocycles. The van der Waals surface area contributed by atoms with Gasteiger partial charge in [-0.3, -0.25) is 4.79 Å². The van der Waals surface area contributed by atoms with E-state index in [0.717, 1.165) is 12.8 Å². The molecule has 0 aliphatic heterocycles. The van der Waals surface area contributed by atoms with Crippen molar-refractivity contribution in [3.05, 3.63) is 24.3 Å². The van der Waals surface area contributed by atoms with Crippen molar-refractivity contribution in [1.82, 2.24) is 4.90 Å². The second-order valence-corrected chi connectivity index (χ2v) is 4.09. The second kappa shape index (κ2) is 4.43. The molecule has 1 aliphatic carbocycles. The number of anilines is 1. The normalized spacial score (nSPS) is 14.6. The first-order valence-corrected chi connectivity index (χ1v) is 5.41. The summed E-state index contributed by atoms with van der Waals surface area (Å²) in [6, 6.07) is 7.47. The van der Waals surface area contributed by atoms with Gasteiger partial charge in [-0.2, -0.15) is 0 Å². The van der Waals surface area contributed by atoms with Gasteiger partial charge in [0.1, 0.15) is 5.75 Å². The molecule has 0 radical (unpaired) electrons. The first-order chi connectivity index (χ1) is 7.66. The van der Waals surface area contributed by atoms with Crippen molar-refractivity contribution in [3.63, 3.8) is 0 Å². The highest BCUT2D eigenvalue weighted by molar-refractivity contribution is 5.78. The molecule has 0 unspecified atom stereocenters. The first-order valence-electron chi connectivity index (χ1n) is 5.41. The van der Waals surface area contributed by atoms with E-state index in [2.05, 4.69) is 0 Å².